The van der Waals surface area contributed by atoms with Crippen molar-refractivity contribution in [2.45, 2.75) is 18.9 Å². The van der Waals surface area contributed by atoms with E-state index in [1.54, 1.807) is 5.48 Å². The van der Waals surface area contributed by atoms with Crippen LogP contribution in [0.1, 0.15) is 22.5 Å². The van der Waals surface area contributed by atoms with E-state index in [0.29, 0.717) is 12.1 Å². The van der Waals surface area contributed by atoms with Gasteiger partial charge in [-0.2, -0.15) is 0 Å². The van der Waals surface area contributed by atoms with Gasteiger partial charge in [-0.1, -0.05) is 30.3 Å². The number of aromatic amines is 1. The molecule has 7 heteroatoms. The number of hydrogen-bond acceptors (Lipinski definition) is 4. The molecule has 1 aromatic carbocycles. The second-order valence-corrected chi connectivity index (χ2v) is 4.56. The van der Waals surface area contributed by atoms with Gasteiger partial charge < -0.3 is 10.3 Å². The standard InChI is InChI=1S/C14H16N4O3/c19-13(18-21)7-11(6-10-4-2-1-3-5-10)17-14(20)12-8-15-9-16-12/h1-5,8-9,11,21H,6-7H2,(H,15,16)(H,17,20)(H,18,19)/t11-/m1/s1. The average Bonchev–Trinajstić information content (AvgIpc) is 3.02. The van der Waals surface area contributed by atoms with Crippen LogP contribution >= 0.6 is 0 Å². The predicted octanol–water partition coefficient (Wildman–Crippen LogP) is 0.646. The molecule has 0 bridgehead atoms. The molecule has 1 atom stereocenters. The van der Waals surface area contributed by atoms with Crippen LogP contribution in [0.2, 0.25) is 0 Å². The minimum atomic E-state index is -0.555. The number of carbonyl (C=O) groups is 2. The van der Waals surface area contributed by atoms with Gasteiger partial charge in [0.05, 0.1) is 12.5 Å². The molecular weight excluding hydrogens is 272 g/mol. The first kappa shape index (κ1) is 14.7. The lowest BCUT2D eigenvalue weighted by atomic mass is 10.0. The summed E-state index contributed by atoms with van der Waals surface area (Å²) in [5, 5.41) is 11.4. The van der Waals surface area contributed by atoms with E-state index < -0.39 is 11.9 Å². The third-order valence-corrected chi connectivity index (χ3v) is 2.96. The van der Waals surface area contributed by atoms with Gasteiger partial charge in [-0.15, -0.1) is 0 Å². The van der Waals surface area contributed by atoms with E-state index in [4.69, 9.17) is 5.21 Å². The molecule has 0 aliphatic carbocycles. The lowest BCUT2D eigenvalue weighted by Crippen LogP contribution is -2.40. The number of H-pyrrole nitrogens is 1. The maximum atomic E-state index is 12.0. The lowest BCUT2D eigenvalue weighted by molar-refractivity contribution is -0.129. The largest absolute Gasteiger partial charge is 0.347 e. The van der Waals surface area contributed by atoms with Crippen LogP contribution in [0.5, 0.6) is 0 Å². The number of carbonyl (C=O) groups excluding carboxylic acids is 2. The van der Waals surface area contributed by atoms with Crippen molar-refractivity contribution in [2.24, 2.45) is 0 Å². The van der Waals surface area contributed by atoms with Gasteiger partial charge in [-0.25, -0.2) is 10.5 Å². The molecule has 1 aromatic heterocycles. The van der Waals surface area contributed by atoms with Crippen LogP contribution in [-0.2, 0) is 11.2 Å². The van der Waals surface area contributed by atoms with Crippen molar-refractivity contribution in [1.82, 2.24) is 20.8 Å². The summed E-state index contributed by atoms with van der Waals surface area (Å²) < 4.78 is 0. The first-order valence-electron chi connectivity index (χ1n) is 6.45. The van der Waals surface area contributed by atoms with E-state index in [1.807, 2.05) is 30.3 Å². The monoisotopic (exact) mass is 288 g/mol. The Morgan fingerprint density at radius 1 is 1.29 bits per heavy atom. The SMILES string of the molecule is O=C(C[C@@H](Cc1ccccc1)NC(=O)c1cnc[nH]1)NO. The molecule has 0 aliphatic rings. The Balaban J connectivity index is 2.04. The molecule has 0 spiro atoms. The number of hydroxylamine groups is 1. The zero-order chi connectivity index (χ0) is 15.1. The summed E-state index contributed by atoms with van der Waals surface area (Å²) in [5.41, 5.74) is 2.88. The summed E-state index contributed by atoms with van der Waals surface area (Å²) in [6.45, 7) is 0. The zero-order valence-electron chi connectivity index (χ0n) is 11.2. The van der Waals surface area contributed by atoms with E-state index in [-0.39, 0.29) is 12.3 Å². The van der Waals surface area contributed by atoms with Crippen LogP contribution in [0.4, 0.5) is 0 Å². The van der Waals surface area contributed by atoms with E-state index in [2.05, 4.69) is 15.3 Å². The first-order chi connectivity index (χ1) is 10.2. The minimum absolute atomic E-state index is 0.0225. The number of rotatable bonds is 6. The minimum Gasteiger partial charge on any atom is -0.347 e. The highest BCUT2D eigenvalue weighted by Gasteiger charge is 2.18. The first-order valence-corrected chi connectivity index (χ1v) is 6.45. The van der Waals surface area contributed by atoms with Gasteiger partial charge in [-0.05, 0) is 12.0 Å². The highest BCUT2D eigenvalue weighted by molar-refractivity contribution is 5.92. The zero-order valence-corrected chi connectivity index (χ0v) is 11.2. The second-order valence-electron chi connectivity index (χ2n) is 4.56. The molecule has 0 saturated carbocycles. The summed E-state index contributed by atoms with van der Waals surface area (Å²) in [6, 6.07) is 9.04. The van der Waals surface area contributed by atoms with Crippen LogP contribution < -0.4 is 10.8 Å². The van der Waals surface area contributed by atoms with Gasteiger partial charge in [0, 0.05) is 12.5 Å². The van der Waals surface area contributed by atoms with E-state index >= 15 is 0 Å². The fourth-order valence-corrected chi connectivity index (χ4v) is 1.99. The molecule has 0 fully saturated rings. The molecule has 2 rings (SSSR count). The Hall–Kier alpha value is -2.67. The molecule has 110 valence electrons. The molecule has 1 heterocycles. The van der Waals surface area contributed by atoms with Crippen molar-refractivity contribution in [3.63, 3.8) is 0 Å². The predicted molar refractivity (Wildman–Crippen MR) is 74.5 cm³/mol. The van der Waals surface area contributed by atoms with Gasteiger partial charge in [-0.3, -0.25) is 14.8 Å². The van der Waals surface area contributed by atoms with Gasteiger partial charge >= 0.3 is 0 Å². The maximum absolute atomic E-state index is 12.0. The Kier molecular flexibility index (Phi) is 5.05. The topological polar surface area (TPSA) is 107 Å². The maximum Gasteiger partial charge on any atom is 0.269 e. The molecule has 2 amide bonds. The third kappa shape index (κ3) is 4.43. The molecule has 0 unspecified atom stereocenters. The molecule has 2 aromatic rings. The Labute approximate surface area is 121 Å². The fourth-order valence-electron chi connectivity index (χ4n) is 1.99. The summed E-state index contributed by atoms with van der Waals surface area (Å²) in [4.78, 5) is 29.8. The normalized spacial score (nSPS) is 11.7. The smallest absolute Gasteiger partial charge is 0.269 e. The van der Waals surface area contributed by atoms with E-state index in [0.717, 1.165) is 5.56 Å². The Morgan fingerprint density at radius 2 is 2.05 bits per heavy atom. The Bertz CT molecular complexity index is 584. The van der Waals surface area contributed by atoms with Crippen LogP contribution in [0.25, 0.3) is 0 Å². The van der Waals surface area contributed by atoms with Gasteiger partial charge in [0.1, 0.15) is 5.69 Å². The van der Waals surface area contributed by atoms with Crippen molar-refractivity contribution in [1.29, 1.82) is 0 Å². The molecular formula is C14H16N4O3. The molecule has 7 nitrogen and oxygen atoms in total. The molecule has 0 radical (unpaired) electrons. The van der Waals surface area contributed by atoms with Crippen LogP contribution in [-0.4, -0.2) is 33.0 Å². The summed E-state index contributed by atoms with van der Waals surface area (Å²) in [5.74, 6) is -0.903. The number of hydrogen-bond donors (Lipinski definition) is 4. The summed E-state index contributed by atoms with van der Waals surface area (Å²) in [6.07, 6.45) is 3.27. The number of imidazole rings is 1. The second kappa shape index (κ2) is 7.20. The number of benzene rings is 1. The quantitative estimate of drug-likeness (QED) is 0.462. The van der Waals surface area contributed by atoms with Gasteiger partial charge in [0.25, 0.3) is 5.91 Å². The van der Waals surface area contributed by atoms with Crippen molar-refractivity contribution < 1.29 is 14.8 Å². The Morgan fingerprint density at radius 3 is 2.67 bits per heavy atom. The average molecular weight is 288 g/mol. The van der Waals surface area contributed by atoms with Crippen molar-refractivity contribution >= 4 is 11.8 Å². The van der Waals surface area contributed by atoms with Crippen LogP contribution in [0.3, 0.4) is 0 Å². The lowest BCUT2D eigenvalue weighted by Gasteiger charge is -2.17. The number of nitrogens with one attached hydrogen (secondary N) is 3. The molecule has 4 N–H and O–H groups in total. The molecule has 0 saturated heterocycles. The molecule has 21 heavy (non-hydrogen) atoms. The van der Waals surface area contributed by atoms with Crippen molar-refractivity contribution in [2.75, 3.05) is 0 Å². The van der Waals surface area contributed by atoms with Crippen molar-refractivity contribution in [3.8, 4) is 0 Å². The highest BCUT2D eigenvalue weighted by Crippen LogP contribution is 2.07. The number of amides is 2. The highest BCUT2D eigenvalue weighted by atomic mass is 16.5. The number of nitrogens with zero attached hydrogens (tertiary/aromatic N) is 1. The van der Waals surface area contributed by atoms with Gasteiger partial charge in [0.15, 0.2) is 0 Å². The van der Waals surface area contributed by atoms with Gasteiger partial charge in [0.2, 0.25) is 5.91 Å². The van der Waals surface area contributed by atoms with Crippen LogP contribution in [0, 0.1) is 0 Å². The summed E-state index contributed by atoms with van der Waals surface area (Å²) >= 11 is 0. The van der Waals surface area contributed by atoms with Crippen molar-refractivity contribution in [3.05, 3.63) is 54.1 Å². The van der Waals surface area contributed by atoms with Crippen LogP contribution in [0.15, 0.2) is 42.9 Å². The van der Waals surface area contributed by atoms with E-state index in [1.165, 1.54) is 12.5 Å². The summed E-state index contributed by atoms with van der Waals surface area (Å²) in [7, 11) is 0. The third-order valence-electron chi connectivity index (χ3n) is 2.96. The van der Waals surface area contributed by atoms with E-state index in [9.17, 15) is 9.59 Å². The molecule has 0 aliphatic heterocycles. The number of aromatic nitrogens is 2. The fraction of sp³-hybridized carbons (Fsp3) is 0.214.